The smallest absolute Gasteiger partial charge is 0.164 e. The molecule has 3 heteroatoms. The molecule has 1 aliphatic carbocycles. The molecule has 0 saturated carbocycles. The first-order valence-electron chi connectivity index (χ1n) is 5.45. The average molecular weight is 207 g/mol. The Kier molecular flexibility index (Phi) is 2.91. The number of ketones is 1. The lowest BCUT2D eigenvalue weighted by molar-refractivity contribution is 0.0971. The van der Waals surface area contributed by atoms with E-state index < -0.39 is 0 Å². The molecule has 1 aromatic heterocycles. The number of ether oxygens (including phenoxy) is 1. The van der Waals surface area contributed by atoms with Crippen LogP contribution < -0.4 is 0 Å². The van der Waals surface area contributed by atoms with E-state index in [1.54, 1.807) is 7.11 Å². The normalized spacial score (nSPS) is 15.5. The Labute approximate surface area is 90.0 Å². The summed E-state index contributed by atoms with van der Waals surface area (Å²) in [5.74, 6) is 0.301. The fraction of sp³-hybridized carbons (Fsp3) is 0.583. The molecule has 0 aromatic carbocycles. The third-order valence-corrected chi connectivity index (χ3v) is 3.05. The Morgan fingerprint density at radius 1 is 1.47 bits per heavy atom. The molecular formula is C12H17NO2. The number of fused-ring (bicyclic) bond motifs is 1. The van der Waals surface area contributed by atoms with Crippen molar-refractivity contribution in [1.82, 2.24) is 4.57 Å². The molecule has 0 N–H and O–H groups in total. The zero-order valence-corrected chi connectivity index (χ0v) is 9.38. The number of rotatable bonds is 3. The molecule has 0 amide bonds. The predicted octanol–water partition coefficient (Wildman–Crippen LogP) is 1.96. The van der Waals surface area contributed by atoms with Gasteiger partial charge in [-0.3, -0.25) is 4.79 Å². The molecule has 0 saturated heterocycles. The third-order valence-electron chi connectivity index (χ3n) is 3.05. The number of aromatic nitrogens is 1. The van der Waals surface area contributed by atoms with Crippen molar-refractivity contribution < 1.29 is 9.53 Å². The topological polar surface area (TPSA) is 31.2 Å². The van der Waals surface area contributed by atoms with Crippen LogP contribution in [0.3, 0.4) is 0 Å². The van der Waals surface area contributed by atoms with Crippen molar-refractivity contribution in [3.05, 3.63) is 23.0 Å². The monoisotopic (exact) mass is 207 g/mol. The second-order valence-electron chi connectivity index (χ2n) is 4.07. The van der Waals surface area contributed by atoms with Gasteiger partial charge in [-0.15, -0.1) is 0 Å². The van der Waals surface area contributed by atoms with Gasteiger partial charge in [-0.05, 0) is 25.8 Å². The summed E-state index contributed by atoms with van der Waals surface area (Å²) in [5.41, 5.74) is 3.32. The van der Waals surface area contributed by atoms with Gasteiger partial charge in [-0.1, -0.05) is 0 Å². The highest BCUT2D eigenvalue weighted by Crippen LogP contribution is 2.24. The van der Waals surface area contributed by atoms with Crippen LogP contribution in [0.5, 0.6) is 0 Å². The largest absolute Gasteiger partial charge is 0.383 e. The highest BCUT2D eigenvalue weighted by atomic mass is 16.5. The van der Waals surface area contributed by atoms with E-state index in [0.717, 1.165) is 24.9 Å². The lowest BCUT2D eigenvalue weighted by atomic mass is 9.97. The summed E-state index contributed by atoms with van der Waals surface area (Å²) in [7, 11) is 1.70. The van der Waals surface area contributed by atoms with E-state index in [2.05, 4.69) is 11.5 Å². The second-order valence-corrected chi connectivity index (χ2v) is 4.07. The van der Waals surface area contributed by atoms with Gasteiger partial charge in [0.2, 0.25) is 0 Å². The van der Waals surface area contributed by atoms with Crippen molar-refractivity contribution in [3.8, 4) is 0 Å². The van der Waals surface area contributed by atoms with Gasteiger partial charge in [0.05, 0.1) is 6.61 Å². The molecule has 0 radical (unpaired) electrons. The summed E-state index contributed by atoms with van der Waals surface area (Å²) in [6.45, 7) is 3.61. The van der Waals surface area contributed by atoms with Crippen LogP contribution in [0.1, 0.15) is 34.6 Å². The first kappa shape index (κ1) is 10.4. The maximum Gasteiger partial charge on any atom is 0.164 e. The van der Waals surface area contributed by atoms with Crippen molar-refractivity contribution in [2.75, 3.05) is 13.7 Å². The van der Waals surface area contributed by atoms with Crippen LogP contribution in [0.2, 0.25) is 0 Å². The van der Waals surface area contributed by atoms with E-state index in [1.165, 1.54) is 11.4 Å². The maximum absolute atomic E-state index is 11.7. The maximum atomic E-state index is 11.7. The van der Waals surface area contributed by atoms with Gasteiger partial charge in [-0.2, -0.15) is 0 Å². The molecule has 1 heterocycles. The number of hydrogen-bond acceptors (Lipinski definition) is 2. The first-order chi connectivity index (χ1) is 7.24. The van der Waals surface area contributed by atoms with Crippen molar-refractivity contribution >= 4 is 5.78 Å². The minimum atomic E-state index is 0.301. The van der Waals surface area contributed by atoms with Gasteiger partial charge < -0.3 is 9.30 Å². The molecule has 2 rings (SSSR count). The van der Waals surface area contributed by atoms with Crippen LogP contribution in [0.25, 0.3) is 0 Å². The van der Waals surface area contributed by atoms with Crippen LogP contribution >= 0.6 is 0 Å². The minimum absolute atomic E-state index is 0.301. The average Bonchev–Trinajstić information content (AvgIpc) is 2.54. The van der Waals surface area contributed by atoms with Crippen LogP contribution in [0, 0.1) is 6.92 Å². The van der Waals surface area contributed by atoms with Crippen molar-refractivity contribution in [2.24, 2.45) is 0 Å². The van der Waals surface area contributed by atoms with Gasteiger partial charge in [-0.25, -0.2) is 0 Å². The van der Waals surface area contributed by atoms with Crippen LogP contribution in [0.15, 0.2) is 6.07 Å². The highest BCUT2D eigenvalue weighted by Gasteiger charge is 2.21. The van der Waals surface area contributed by atoms with Crippen LogP contribution in [0.4, 0.5) is 0 Å². The molecule has 1 aliphatic rings. The zero-order chi connectivity index (χ0) is 10.8. The number of carbonyl (C=O) groups excluding carboxylic acids is 1. The Morgan fingerprint density at radius 3 is 3.00 bits per heavy atom. The number of aryl methyl sites for hydroxylation is 1. The molecule has 15 heavy (non-hydrogen) atoms. The summed E-state index contributed by atoms with van der Waals surface area (Å²) >= 11 is 0. The van der Waals surface area contributed by atoms with E-state index in [9.17, 15) is 4.79 Å². The molecule has 0 aliphatic heterocycles. The first-order valence-corrected chi connectivity index (χ1v) is 5.45. The standard InChI is InChI=1S/C12H17NO2/c1-9-8-10-11(4-3-5-12(10)14)13(9)6-7-15-2/h8H,3-7H2,1-2H3. The molecule has 0 fully saturated rings. The number of nitrogens with zero attached hydrogens (tertiary/aromatic N) is 1. The fourth-order valence-electron chi connectivity index (χ4n) is 2.28. The summed E-state index contributed by atoms with van der Waals surface area (Å²) in [5, 5.41) is 0. The van der Waals surface area contributed by atoms with Gasteiger partial charge >= 0.3 is 0 Å². The Morgan fingerprint density at radius 2 is 2.27 bits per heavy atom. The Hall–Kier alpha value is -1.09. The van der Waals surface area contributed by atoms with E-state index in [0.29, 0.717) is 18.8 Å². The molecule has 82 valence electrons. The predicted molar refractivity (Wildman–Crippen MR) is 58.3 cm³/mol. The molecular weight excluding hydrogens is 190 g/mol. The SMILES string of the molecule is COCCn1c(C)cc2c1CCCC2=O. The molecule has 0 atom stereocenters. The summed E-state index contributed by atoms with van der Waals surface area (Å²) < 4.78 is 7.30. The van der Waals surface area contributed by atoms with E-state index in [-0.39, 0.29) is 0 Å². The number of carbonyl (C=O) groups is 1. The van der Waals surface area contributed by atoms with Gasteiger partial charge in [0.25, 0.3) is 0 Å². The molecule has 0 unspecified atom stereocenters. The van der Waals surface area contributed by atoms with Crippen LogP contribution in [-0.4, -0.2) is 24.1 Å². The lowest BCUT2D eigenvalue weighted by Gasteiger charge is -2.15. The van der Waals surface area contributed by atoms with Crippen molar-refractivity contribution in [3.63, 3.8) is 0 Å². The number of Topliss-reactive ketones (excluding diaryl/α,β-unsaturated/α-hetero) is 1. The number of hydrogen-bond donors (Lipinski definition) is 0. The summed E-state index contributed by atoms with van der Waals surface area (Å²) in [4.78, 5) is 11.7. The molecule has 0 bridgehead atoms. The number of methoxy groups -OCH3 is 1. The van der Waals surface area contributed by atoms with Gasteiger partial charge in [0, 0.05) is 37.0 Å². The van der Waals surface area contributed by atoms with E-state index in [4.69, 9.17) is 4.74 Å². The zero-order valence-electron chi connectivity index (χ0n) is 9.38. The van der Waals surface area contributed by atoms with Gasteiger partial charge in [0.15, 0.2) is 5.78 Å². The molecule has 3 nitrogen and oxygen atoms in total. The minimum Gasteiger partial charge on any atom is -0.383 e. The van der Waals surface area contributed by atoms with Crippen LogP contribution in [-0.2, 0) is 17.7 Å². The quantitative estimate of drug-likeness (QED) is 0.758. The van der Waals surface area contributed by atoms with Crippen molar-refractivity contribution in [2.45, 2.75) is 32.7 Å². The van der Waals surface area contributed by atoms with Crippen molar-refractivity contribution in [1.29, 1.82) is 0 Å². The van der Waals surface area contributed by atoms with E-state index >= 15 is 0 Å². The second kappa shape index (κ2) is 4.19. The Balaban J connectivity index is 2.33. The lowest BCUT2D eigenvalue weighted by Crippen LogP contribution is -2.15. The Bertz CT molecular complexity index is 379. The highest BCUT2D eigenvalue weighted by molar-refractivity contribution is 5.98. The summed E-state index contributed by atoms with van der Waals surface area (Å²) in [6, 6.07) is 2.02. The van der Waals surface area contributed by atoms with Gasteiger partial charge in [0.1, 0.15) is 0 Å². The summed E-state index contributed by atoms with van der Waals surface area (Å²) in [6.07, 6.45) is 2.72. The molecule has 0 spiro atoms. The molecule has 1 aromatic rings. The fourth-order valence-corrected chi connectivity index (χ4v) is 2.28. The third kappa shape index (κ3) is 1.84. The van der Waals surface area contributed by atoms with E-state index in [1.807, 2.05) is 6.07 Å².